The maximum Gasteiger partial charge on any atom is 0.271 e. The van der Waals surface area contributed by atoms with Crippen LogP contribution in [0.25, 0.3) is 0 Å². The molecule has 0 atom stereocenters. The third kappa shape index (κ3) is 5.25. The molecule has 0 spiro atoms. The van der Waals surface area contributed by atoms with Gasteiger partial charge in [-0.05, 0) is 59.7 Å². The minimum absolute atomic E-state index is 0.0479. The highest BCUT2D eigenvalue weighted by Gasteiger charge is 2.04. The molecule has 1 amide bonds. The molecule has 0 heterocycles. The van der Waals surface area contributed by atoms with Gasteiger partial charge in [0.1, 0.15) is 12.4 Å². The Hall–Kier alpha value is -4.00. The van der Waals surface area contributed by atoms with Crippen LogP contribution in [-0.2, 0) is 6.61 Å². The SMILES string of the molecule is O=C(N/N=C\c1ccc(OCc2ccc([N+](=O)[O-])cc2)cc1)c1ccccc1. The molecule has 0 fully saturated rings. The molecule has 3 aromatic rings. The maximum atomic E-state index is 11.9. The predicted octanol–water partition coefficient (Wildman–Crippen LogP) is 3.94. The summed E-state index contributed by atoms with van der Waals surface area (Å²) in [6, 6.07) is 22.2. The van der Waals surface area contributed by atoms with Crippen molar-refractivity contribution >= 4 is 17.8 Å². The number of nitro groups is 1. The van der Waals surface area contributed by atoms with E-state index in [1.165, 1.54) is 12.1 Å². The Kier molecular flexibility index (Phi) is 6.10. The van der Waals surface area contributed by atoms with Gasteiger partial charge in [0.25, 0.3) is 11.6 Å². The number of hydrazone groups is 1. The molecule has 0 radical (unpaired) electrons. The number of carbonyl (C=O) groups is 1. The summed E-state index contributed by atoms with van der Waals surface area (Å²) < 4.78 is 5.66. The first-order valence-corrected chi connectivity index (χ1v) is 8.46. The fourth-order valence-electron chi connectivity index (χ4n) is 2.35. The molecule has 0 saturated heterocycles. The molecule has 0 aliphatic heterocycles. The Bertz CT molecular complexity index is 969. The third-order valence-electron chi connectivity index (χ3n) is 3.85. The zero-order valence-electron chi connectivity index (χ0n) is 14.8. The zero-order chi connectivity index (χ0) is 19.8. The van der Waals surface area contributed by atoms with E-state index in [0.29, 0.717) is 17.9 Å². The van der Waals surface area contributed by atoms with Gasteiger partial charge >= 0.3 is 0 Å². The van der Waals surface area contributed by atoms with Crippen LogP contribution in [0.4, 0.5) is 5.69 Å². The molecule has 7 nitrogen and oxygen atoms in total. The van der Waals surface area contributed by atoms with Crippen LogP contribution in [-0.4, -0.2) is 17.0 Å². The van der Waals surface area contributed by atoms with Gasteiger partial charge in [-0.2, -0.15) is 5.10 Å². The van der Waals surface area contributed by atoms with Gasteiger partial charge in [-0.25, -0.2) is 5.43 Å². The first kappa shape index (κ1) is 18.8. The molecule has 0 aliphatic rings. The highest BCUT2D eigenvalue weighted by Crippen LogP contribution is 2.16. The summed E-state index contributed by atoms with van der Waals surface area (Å²) in [6.07, 6.45) is 1.54. The molecule has 0 aromatic heterocycles. The molecule has 7 heteroatoms. The molecular formula is C21H17N3O4. The number of nitro benzene ring substituents is 1. The first-order valence-electron chi connectivity index (χ1n) is 8.46. The summed E-state index contributed by atoms with van der Waals surface area (Å²) in [5.41, 5.74) is 4.69. The average Bonchev–Trinajstić information content (AvgIpc) is 2.74. The van der Waals surface area contributed by atoms with Crippen molar-refractivity contribution in [2.45, 2.75) is 6.61 Å². The molecule has 3 rings (SSSR count). The van der Waals surface area contributed by atoms with Crippen LogP contribution in [0.15, 0.2) is 84.0 Å². The summed E-state index contributed by atoms with van der Waals surface area (Å²) >= 11 is 0. The van der Waals surface area contributed by atoms with E-state index < -0.39 is 4.92 Å². The van der Waals surface area contributed by atoms with Crippen LogP contribution in [0.1, 0.15) is 21.5 Å². The number of ether oxygens (including phenoxy) is 1. The summed E-state index contributed by atoms with van der Waals surface area (Å²) in [5, 5.41) is 14.6. The van der Waals surface area contributed by atoms with Crippen LogP contribution in [0.3, 0.4) is 0 Å². The summed E-state index contributed by atoms with van der Waals surface area (Å²) in [6.45, 7) is 0.304. The lowest BCUT2D eigenvalue weighted by Crippen LogP contribution is -2.17. The number of benzene rings is 3. The number of nitrogens with zero attached hydrogens (tertiary/aromatic N) is 2. The fourth-order valence-corrected chi connectivity index (χ4v) is 2.35. The van der Waals surface area contributed by atoms with E-state index in [9.17, 15) is 14.9 Å². The van der Waals surface area contributed by atoms with Gasteiger partial charge in [0.2, 0.25) is 0 Å². The summed E-state index contributed by atoms with van der Waals surface area (Å²) in [5.74, 6) is 0.378. The van der Waals surface area contributed by atoms with Crippen molar-refractivity contribution < 1.29 is 14.5 Å². The molecule has 28 heavy (non-hydrogen) atoms. The fraction of sp³-hybridized carbons (Fsp3) is 0.0476. The number of carbonyl (C=O) groups excluding carboxylic acids is 1. The number of hydrogen-bond donors (Lipinski definition) is 1. The number of non-ortho nitro benzene ring substituents is 1. The minimum Gasteiger partial charge on any atom is -0.489 e. The smallest absolute Gasteiger partial charge is 0.271 e. The lowest BCUT2D eigenvalue weighted by atomic mass is 10.2. The molecule has 0 aliphatic carbocycles. The normalized spacial score (nSPS) is 10.6. The second-order valence-electron chi connectivity index (χ2n) is 5.85. The van der Waals surface area contributed by atoms with Crippen LogP contribution in [0, 0.1) is 10.1 Å². The number of rotatable bonds is 7. The minimum atomic E-state index is -0.437. The van der Waals surface area contributed by atoms with E-state index in [2.05, 4.69) is 10.5 Å². The van der Waals surface area contributed by atoms with Crippen molar-refractivity contribution in [1.29, 1.82) is 0 Å². The Balaban J connectivity index is 1.50. The predicted molar refractivity (Wildman–Crippen MR) is 105 cm³/mol. The van der Waals surface area contributed by atoms with E-state index in [1.807, 2.05) is 18.2 Å². The van der Waals surface area contributed by atoms with Crippen molar-refractivity contribution in [2.24, 2.45) is 5.10 Å². The number of hydrogen-bond acceptors (Lipinski definition) is 5. The Morgan fingerprint density at radius 1 is 1.00 bits per heavy atom. The van der Waals surface area contributed by atoms with Crippen molar-refractivity contribution in [2.75, 3.05) is 0 Å². The van der Waals surface area contributed by atoms with E-state index in [-0.39, 0.29) is 11.6 Å². The molecule has 3 aromatic carbocycles. The summed E-state index contributed by atoms with van der Waals surface area (Å²) in [7, 11) is 0. The van der Waals surface area contributed by atoms with Gasteiger partial charge in [0.05, 0.1) is 11.1 Å². The lowest BCUT2D eigenvalue weighted by Gasteiger charge is -2.06. The Morgan fingerprint density at radius 2 is 1.68 bits per heavy atom. The van der Waals surface area contributed by atoms with E-state index in [4.69, 9.17) is 4.74 Å². The lowest BCUT2D eigenvalue weighted by molar-refractivity contribution is -0.384. The van der Waals surface area contributed by atoms with E-state index >= 15 is 0 Å². The molecule has 0 unspecified atom stereocenters. The largest absolute Gasteiger partial charge is 0.489 e. The van der Waals surface area contributed by atoms with Crippen LogP contribution >= 0.6 is 0 Å². The van der Waals surface area contributed by atoms with Gasteiger partial charge < -0.3 is 4.74 Å². The second kappa shape index (κ2) is 9.09. The Labute approximate surface area is 161 Å². The third-order valence-corrected chi connectivity index (χ3v) is 3.85. The second-order valence-corrected chi connectivity index (χ2v) is 5.85. The summed E-state index contributed by atoms with van der Waals surface area (Å²) in [4.78, 5) is 22.1. The van der Waals surface area contributed by atoms with Crippen molar-refractivity contribution in [3.05, 3.63) is 106 Å². The topological polar surface area (TPSA) is 93.8 Å². The molecule has 140 valence electrons. The molecule has 0 bridgehead atoms. The molecule has 0 saturated carbocycles. The van der Waals surface area contributed by atoms with Gasteiger partial charge in [-0.15, -0.1) is 0 Å². The number of nitrogens with one attached hydrogen (secondary N) is 1. The highest BCUT2D eigenvalue weighted by atomic mass is 16.6. The maximum absolute atomic E-state index is 11.9. The van der Waals surface area contributed by atoms with E-state index in [0.717, 1.165) is 11.1 Å². The van der Waals surface area contributed by atoms with Gasteiger partial charge in [0.15, 0.2) is 0 Å². The quantitative estimate of drug-likeness (QED) is 0.384. The van der Waals surface area contributed by atoms with Crippen molar-refractivity contribution in [3.8, 4) is 5.75 Å². The standard InChI is InChI=1S/C21H17N3O4/c25-21(18-4-2-1-3-5-18)23-22-14-16-8-12-20(13-9-16)28-15-17-6-10-19(11-7-17)24(26)27/h1-14H,15H2,(H,23,25)/b22-14-. The van der Waals surface area contributed by atoms with Crippen LogP contribution < -0.4 is 10.2 Å². The van der Waals surface area contributed by atoms with Gasteiger partial charge in [0, 0.05) is 17.7 Å². The highest BCUT2D eigenvalue weighted by molar-refractivity contribution is 5.94. The average molecular weight is 375 g/mol. The van der Waals surface area contributed by atoms with Gasteiger partial charge in [-0.1, -0.05) is 18.2 Å². The van der Waals surface area contributed by atoms with Crippen LogP contribution in [0.5, 0.6) is 5.75 Å². The zero-order valence-corrected chi connectivity index (χ0v) is 14.8. The Morgan fingerprint density at radius 3 is 2.32 bits per heavy atom. The monoisotopic (exact) mass is 375 g/mol. The van der Waals surface area contributed by atoms with Crippen molar-refractivity contribution in [3.63, 3.8) is 0 Å². The van der Waals surface area contributed by atoms with Crippen LogP contribution in [0.2, 0.25) is 0 Å². The van der Waals surface area contributed by atoms with Gasteiger partial charge in [-0.3, -0.25) is 14.9 Å². The molecular weight excluding hydrogens is 358 g/mol. The van der Waals surface area contributed by atoms with Crippen molar-refractivity contribution in [1.82, 2.24) is 5.43 Å². The molecule has 1 N–H and O–H groups in total. The first-order chi connectivity index (χ1) is 13.6. The van der Waals surface area contributed by atoms with E-state index in [1.54, 1.807) is 54.7 Å². The number of amides is 1.